The van der Waals surface area contributed by atoms with Gasteiger partial charge in [0.1, 0.15) is 0 Å². The molecular weight excluding hydrogens is 388 g/mol. The van der Waals surface area contributed by atoms with Gasteiger partial charge < -0.3 is 14.8 Å². The van der Waals surface area contributed by atoms with Crippen molar-refractivity contribution < 1.29 is 0 Å². The van der Waals surface area contributed by atoms with Crippen molar-refractivity contribution in [3.05, 3.63) is 82.9 Å². The van der Waals surface area contributed by atoms with Crippen molar-refractivity contribution in [3.8, 4) is 0 Å². The molecule has 5 heteroatoms. The Morgan fingerprint density at radius 1 is 1.10 bits per heavy atom. The van der Waals surface area contributed by atoms with Crippen LogP contribution in [0.25, 0.3) is 0 Å². The van der Waals surface area contributed by atoms with Gasteiger partial charge in [0.2, 0.25) is 0 Å². The molecule has 0 amide bonds. The van der Waals surface area contributed by atoms with E-state index in [2.05, 4.69) is 90.8 Å². The van der Waals surface area contributed by atoms with Gasteiger partial charge in [-0.1, -0.05) is 25.1 Å². The summed E-state index contributed by atoms with van der Waals surface area (Å²) < 4.78 is 2.41. The molecule has 4 rings (SSSR count). The fourth-order valence-corrected chi connectivity index (χ4v) is 5.08. The summed E-state index contributed by atoms with van der Waals surface area (Å²) in [6.07, 6.45) is 2.88. The highest BCUT2D eigenvalue weighted by Crippen LogP contribution is 2.43. The summed E-state index contributed by atoms with van der Waals surface area (Å²) in [5.74, 6) is 0. The van der Waals surface area contributed by atoms with Crippen LogP contribution in [-0.4, -0.2) is 14.7 Å². The van der Waals surface area contributed by atoms with Gasteiger partial charge in [0.15, 0.2) is 5.11 Å². The van der Waals surface area contributed by atoms with Crippen LogP contribution in [0.3, 0.4) is 0 Å². The molecule has 0 radical (unpaired) electrons. The fourth-order valence-electron chi connectivity index (χ4n) is 4.74. The second kappa shape index (κ2) is 8.23. The van der Waals surface area contributed by atoms with Crippen LogP contribution in [0.1, 0.15) is 67.1 Å². The number of hydrogen-bond acceptors (Lipinski definition) is 2. The minimum Gasteiger partial charge on any atom is -0.351 e. The molecular formula is C25H30N4S. The fraction of sp³-hybridized carbons (Fsp3) is 0.360. The molecule has 156 valence electrons. The van der Waals surface area contributed by atoms with E-state index in [0.717, 1.165) is 22.9 Å². The molecule has 30 heavy (non-hydrogen) atoms. The van der Waals surface area contributed by atoms with Gasteiger partial charge in [-0.2, -0.15) is 0 Å². The van der Waals surface area contributed by atoms with Gasteiger partial charge >= 0.3 is 0 Å². The second-order valence-electron chi connectivity index (χ2n) is 8.31. The number of hydrogen-bond donors (Lipinski definition) is 1. The van der Waals surface area contributed by atoms with E-state index in [1.165, 1.54) is 22.5 Å². The summed E-state index contributed by atoms with van der Waals surface area (Å²) in [5, 5.41) is 4.31. The molecule has 0 bridgehead atoms. The number of pyridine rings is 1. The number of benzene rings is 1. The number of nitrogens with one attached hydrogen (secondary N) is 1. The largest absolute Gasteiger partial charge is 0.351 e. The predicted octanol–water partition coefficient (Wildman–Crippen LogP) is 5.82. The van der Waals surface area contributed by atoms with Crippen molar-refractivity contribution in [3.63, 3.8) is 0 Å². The Hall–Kier alpha value is -2.66. The Morgan fingerprint density at radius 2 is 1.83 bits per heavy atom. The summed E-state index contributed by atoms with van der Waals surface area (Å²) >= 11 is 5.85. The molecule has 1 aliphatic heterocycles. The topological polar surface area (TPSA) is 33.1 Å². The van der Waals surface area contributed by atoms with Crippen molar-refractivity contribution in [2.45, 2.75) is 59.2 Å². The van der Waals surface area contributed by atoms with Crippen LogP contribution in [-0.2, 0) is 6.42 Å². The summed E-state index contributed by atoms with van der Waals surface area (Å²) in [6, 6.07) is 17.6. The number of aryl methyl sites for hydroxylation is 2. The van der Waals surface area contributed by atoms with E-state index in [-0.39, 0.29) is 12.1 Å². The molecule has 1 saturated heterocycles. The molecule has 0 unspecified atom stereocenters. The highest BCUT2D eigenvalue weighted by Gasteiger charge is 2.42. The average molecular weight is 419 g/mol. The average Bonchev–Trinajstić information content (AvgIpc) is 3.24. The van der Waals surface area contributed by atoms with E-state index in [9.17, 15) is 0 Å². The van der Waals surface area contributed by atoms with Gasteiger partial charge in [-0.15, -0.1) is 0 Å². The van der Waals surface area contributed by atoms with Gasteiger partial charge in [-0.25, -0.2) is 0 Å². The van der Waals surface area contributed by atoms with Crippen LogP contribution >= 0.6 is 12.2 Å². The van der Waals surface area contributed by atoms with Crippen molar-refractivity contribution in [1.82, 2.24) is 14.9 Å². The number of aromatic nitrogens is 2. The van der Waals surface area contributed by atoms with Crippen LogP contribution in [0.4, 0.5) is 5.69 Å². The lowest BCUT2D eigenvalue weighted by molar-refractivity contribution is 0.547. The van der Waals surface area contributed by atoms with Crippen LogP contribution < -0.4 is 10.2 Å². The minimum atomic E-state index is -0.00864. The zero-order valence-corrected chi connectivity index (χ0v) is 19.2. The van der Waals surface area contributed by atoms with Crippen molar-refractivity contribution in [1.29, 1.82) is 0 Å². The Labute approximate surface area is 184 Å². The van der Waals surface area contributed by atoms with E-state index >= 15 is 0 Å². The van der Waals surface area contributed by atoms with E-state index < -0.39 is 0 Å². The smallest absolute Gasteiger partial charge is 0.174 e. The third-order valence-electron chi connectivity index (χ3n) is 6.08. The Kier molecular flexibility index (Phi) is 5.65. The summed E-state index contributed by atoms with van der Waals surface area (Å²) in [5.41, 5.74) is 7.30. The van der Waals surface area contributed by atoms with Crippen LogP contribution in [0, 0.1) is 13.8 Å². The molecule has 4 nitrogen and oxygen atoms in total. The Morgan fingerprint density at radius 3 is 2.40 bits per heavy atom. The molecule has 1 aromatic carbocycles. The quantitative estimate of drug-likeness (QED) is 0.529. The summed E-state index contributed by atoms with van der Waals surface area (Å²) in [7, 11) is 0. The maximum absolute atomic E-state index is 5.85. The lowest BCUT2D eigenvalue weighted by atomic mass is 9.96. The molecule has 2 atom stereocenters. The molecule has 0 aliphatic carbocycles. The predicted molar refractivity (Wildman–Crippen MR) is 128 cm³/mol. The third kappa shape index (κ3) is 3.52. The Balaban J connectivity index is 1.87. The van der Waals surface area contributed by atoms with Crippen LogP contribution in [0.5, 0.6) is 0 Å². The molecule has 1 aliphatic rings. The highest BCUT2D eigenvalue weighted by molar-refractivity contribution is 7.80. The number of anilines is 1. The molecule has 2 aromatic heterocycles. The first-order valence-corrected chi connectivity index (χ1v) is 11.1. The Bertz CT molecular complexity index is 1040. The highest BCUT2D eigenvalue weighted by atomic mass is 32.1. The number of thiocarbonyl (C=S) groups is 1. The van der Waals surface area contributed by atoms with Gasteiger partial charge in [-0.05, 0) is 87.8 Å². The minimum absolute atomic E-state index is 0.00864. The van der Waals surface area contributed by atoms with Crippen molar-refractivity contribution in [2.75, 3.05) is 4.90 Å². The molecule has 1 N–H and O–H groups in total. The first-order chi connectivity index (χ1) is 14.4. The van der Waals surface area contributed by atoms with Crippen molar-refractivity contribution >= 4 is 23.0 Å². The second-order valence-corrected chi connectivity index (χ2v) is 8.69. The SMILES string of the molecule is CCc1ccc(N2C(=S)N[C@@H](c3ccccn3)[C@H]2c2cc(C)n(C(C)C)c2C)cc1. The monoisotopic (exact) mass is 418 g/mol. The van der Waals surface area contributed by atoms with E-state index in [1.54, 1.807) is 0 Å². The first-order valence-electron chi connectivity index (χ1n) is 10.7. The number of rotatable bonds is 5. The van der Waals surface area contributed by atoms with E-state index in [0.29, 0.717) is 6.04 Å². The van der Waals surface area contributed by atoms with E-state index in [4.69, 9.17) is 12.2 Å². The van der Waals surface area contributed by atoms with Crippen molar-refractivity contribution in [2.24, 2.45) is 0 Å². The standard InChI is InChI=1S/C25H30N4S/c1-6-19-10-12-20(13-11-19)29-24(21-15-17(4)28(16(2)3)18(21)5)23(27-25(29)30)22-9-7-8-14-26-22/h7-16,23-24H,6H2,1-5H3,(H,27,30)/t23-,24+/m0/s1. The third-order valence-corrected chi connectivity index (χ3v) is 6.39. The summed E-state index contributed by atoms with van der Waals surface area (Å²) in [4.78, 5) is 6.93. The molecule has 0 saturated carbocycles. The first kappa shape index (κ1) is 20.6. The van der Waals surface area contributed by atoms with E-state index in [1.807, 2.05) is 18.3 Å². The lowest BCUT2D eigenvalue weighted by Gasteiger charge is -2.28. The molecule has 1 fully saturated rings. The van der Waals surface area contributed by atoms with Gasteiger partial charge in [0.25, 0.3) is 0 Å². The zero-order chi connectivity index (χ0) is 21.4. The number of nitrogens with zero attached hydrogens (tertiary/aromatic N) is 3. The molecule has 0 spiro atoms. The molecule has 3 heterocycles. The maximum atomic E-state index is 5.85. The molecule has 3 aromatic rings. The summed E-state index contributed by atoms with van der Waals surface area (Å²) in [6.45, 7) is 11.1. The normalized spacial score (nSPS) is 18.9. The van der Waals surface area contributed by atoms with Crippen LogP contribution in [0.2, 0.25) is 0 Å². The van der Waals surface area contributed by atoms with Crippen LogP contribution in [0.15, 0.2) is 54.7 Å². The zero-order valence-electron chi connectivity index (χ0n) is 18.4. The maximum Gasteiger partial charge on any atom is 0.174 e. The van der Waals surface area contributed by atoms with Gasteiger partial charge in [-0.3, -0.25) is 4.98 Å². The van der Waals surface area contributed by atoms with Gasteiger partial charge in [0.05, 0.1) is 17.8 Å². The van der Waals surface area contributed by atoms with Gasteiger partial charge in [0, 0.05) is 29.3 Å². The lowest BCUT2D eigenvalue weighted by Crippen LogP contribution is -2.29.